The molecule has 0 aliphatic rings. The van der Waals surface area contributed by atoms with Gasteiger partial charge in [-0.05, 0) is 53.8 Å². The molecule has 0 spiro atoms. The molecule has 4 N–H and O–H groups in total. The number of hydrogen-bond donors (Lipinski definition) is 3. The Labute approximate surface area is 217 Å². The van der Waals surface area contributed by atoms with Crippen molar-refractivity contribution >= 4 is 33.7 Å². The van der Waals surface area contributed by atoms with E-state index in [1.165, 1.54) is 0 Å². The van der Waals surface area contributed by atoms with Crippen LogP contribution in [0.5, 0.6) is 0 Å². The largest absolute Gasteiger partial charge is 0.369 e. The lowest BCUT2D eigenvalue weighted by Gasteiger charge is -2.50. The molecule has 0 heterocycles. The molecule has 0 aliphatic heterocycles. The number of carbonyl (C=O) groups excluding carboxylic acids is 3. The van der Waals surface area contributed by atoms with E-state index in [0.29, 0.717) is 31.3 Å². The minimum absolute atomic E-state index is 0.00654. The van der Waals surface area contributed by atoms with Crippen LogP contribution in [0.2, 0.25) is 0 Å². The first kappa shape index (κ1) is 32.9. The number of unbranched alkanes of at least 4 members (excludes halogenated alkanes) is 2. The molecule has 34 heavy (non-hydrogen) atoms. The molecule has 0 fully saturated rings. The van der Waals surface area contributed by atoms with Crippen LogP contribution >= 0.6 is 15.9 Å². The van der Waals surface area contributed by atoms with Crippen molar-refractivity contribution in [2.45, 2.75) is 101 Å². The van der Waals surface area contributed by atoms with Crippen LogP contribution in [-0.2, 0) is 14.4 Å². The Morgan fingerprint density at radius 2 is 1.26 bits per heavy atom. The van der Waals surface area contributed by atoms with E-state index in [9.17, 15) is 14.4 Å². The van der Waals surface area contributed by atoms with Gasteiger partial charge in [-0.15, -0.1) is 0 Å². The normalized spacial score (nSPS) is 14.9. The standard InChI is InChI=1S/C27H52BrN3O3/c1-24(2,3)16-19(22(29)33)27(9,10)26(7,8)17-20(25(4,5)6)23(34)31-15-13-11-12-14-30-21(32)18-28/h19-20H,11-18H2,1-10H3,(H2,29,33)(H,30,32)(H,31,34). The monoisotopic (exact) mass is 545 g/mol. The predicted octanol–water partition coefficient (Wildman–Crippen LogP) is 5.43. The number of rotatable bonds is 14. The summed E-state index contributed by atoms with van der Waals surface area (Å²) in [5.74, 6) is -0.681. The highest BCUT2D eigenvalue weighted by atomic mass is 79.9. The SMILES string of the molecule is CC(C)(C)CC(C(N)=O)C(C)(C)C(C)(C)CC(C(=O)NCCCCCNC(=O)CBr)C(C)(C)C. The smallest absolute Gasteiger partial charge is 0.230 e. The van der Waals surface area contributed by atoms with E-state index in [4.69, 9.17) is 5.73 Å². The maximum atomic E-state index is 13.3. The minimum atomic E-state index is -0.380. The lowest BCUT2D eigenvalue weighted by Crippen LogP contribution is -2.49. The maximum Gasteiger partial charge on any atom is 0.230 e. The molecule has 7 heteroatoms. The molecule has 0 saturated carbocycles. The van der Waals surface area contributed by atoms with Crippen LogP contribution in [0, 0.1) is 33.5 Å². The zero-order valence-electron chi connectivity index (χ0n) is 23.5. The number of nitrogens with two attached hydrogens (primary N) is 1. The summed E-state index contributed by atoms with van der Waals surface area (Å²) < 4.78 is 0. The Hall–Kier alpha value is -1.11. The fourth-order valence-corrected chi connectivity index (χ4v) is 4.60. The Kier molecular flexibility index (Phi) is 12.8. The van der Waals surface area contributed by atoms with Gasteiger partial charge in [0.2, 0.25) is 17.7 Å². The molecule has 0 rings (SSSR count). The summed E-state index contributed by atoms with van der Waals surface area (Å²) >= 11 is 3.13. The molecule has 0 aromatic heterocycles. The van der Waals surface area contributed by atoms with Crippen LogP contribution in [0.3, 0.4) is 0 Å². The Balaban J connectivity index is 5.25. The first-order valence-corrected chi connectivity index (χ1v) is 13.8. The predicted molar refractivity (Wildman–Crippen MR) is 146 cm³/mol. The summed E-state index contributed by atoms with van der Waals surface area (Å²) in [6.07, 6.45) is 4.08. The van der Waals surface area contributed by atoms with Crippen LogP contribution in [0.25, 0.3) is 0 Å². The molecule has 2 atom stereocenters. The highest BCUT2D eigenvalue weighted by molar-refractivity contribution is 9.09. The van der Waals surface area contributed by atoms with Crippen LogP contribution in [0.4, 0.5) is 0 Å². The maximum absolute atomic E-state index is 13.3. The highest BCUT2D eigenvalue weighted by Crippen LogP contribution is 2.52. The summed E-state index contributed by atoms with van der Waals surface area (Å²) in [7, 11) is 0. The molecule has 0 aliphatic carbocycles. The topological polar surface area (TPSA) is 101 Å². The van der Waals surface area contributed by atoms with Crippen LogP contribution in [-0.4, -0.2) is 36.1 Å². The summed E-state index contributed by atoms with van der Waals surface area (Å²) in [5, 5.41) is 6.29. The van der Waals surface area contributed by atoms with Crippen molar-refractivity contribution in [2.75, 3.05) is 18.4 Å². The highest BCUT2D eigenvalue weighted by Gasteiger charge is 2.49. The van der Waals surface area contributed by atoms with Crippen molar-refractivity contribution in [1.29, 1.82) is 0 Å². The fourth-order valence-electron chi connectivity index (χ4n) is 4.40. The van der Waals surface area contributed by atoms with E-state index in [-0.39, 0.29) is 51.2 Å². The lowest BCUT2D eigenvalue weighted by atomic mass is 9.54. The molecule has 0 saturated heterocycles. The number of amides is 3. The first-order valence-electron chi connectivity index (χ1n) is 12.7. The van der Waals surface area contributed by atoms with Crippen LogP contribution in [0.15, 0.2) is 0 Å². The van der Waals surface area contributed by atoms with E-state index in [1.807, 2.05) is 0 Å². The zero-order chi connectivity index (χ0) is 27.0. The second-order valence-corrected chi connectivity index (χ2v) is 13.8. The molecule has 0 aromatic carbocycles. The Morgan fingerprint density at radius 3 is 1.68 bits per heavy atom. The van der Waals surface area contributed by atoms with Crippen molar-refractivity contribution in [3.05, 3.63) is 0 Å². The van der Waals surface area contributed by atoms with E-state index in [2.05, 4.69) is 95.8 Å². The van der Waals surface area contributed by atoms with Gasteiger partial charge in [0.1, 0.15) is 0 Å². The van der Waals surface area contributed by atoms with Gasteiger partial charge in [0.15, 0.2) is 0 Å². The minimum Gasteiger partial charge on any atom is -0.369 e. The third-order valence-corrected chi connectivity index (χ3v) is 7.96. The second-order valence-electron chi connectivity index (χ2n) is 13.3. The van der Waals surface area contributed by atoms with E-state index in [0.717, 1.165) is 19.3 Å². The van der Waals surface area contributed by atoms with Crippen LogP contribution < -0.4 is 16.4 Å². The van der Waals surface area contributed by atoms with E-state index >= 15 is 0 Å². The molecular weight excluding hydrogens is 494 g/mol. The number of nitrogens with one attached hydrogen (secondary N) is 2. The molecular formula is C27H52BrN3O3. The van der Waals surface area contributed by atoms with Crippen molar-refractivity contribution in [1.82, 2.24) is 10.6 Å². The van der Waals surface area contributed by atoms with Gasteiger partial charge in [-0.2, -0.15) is 0 Å². The number of primary amides is 1. The first-order chi connectivity index (χ1) is 15.3. The summed E-state index contributed by atoms with van der Waals surface area (Å²) in [4.78, 5) is 37.0. The Morgan fingerprint density at radius 1 is 0.765 bits per heavy atom. The summed E-state index contributed by atoms with van der Waals surface area (Å²) in [6, 6.07) is 0. The molecule has 2 unspecified atom stereocenters. The molecule has 3 amide bonds. The van der Waals surface area contributed by atoms with Gasteiger partial charge in [-0.1, -0.05) is 85.2 Å². The number of carbonyl (C=O) groups is 3. The average molecular weight is 547 g/mol. The quantitative estimate of drug-likeness (QED) is 0.200. The van der Waals surface area contributed by atoms with Crippen LogP contribution in [0.1, 0.15) is 101 Å². The molecule has 0 aromatic rings. The number of alkyl halides is 1. The second kappa shape index (κ2) is 13.3. The van der Waals surface area contributed by atoms with Crippen molar-refractivity contribution in [3.63, 3.8) is 0 Å². The third-order valence-electron chi connectivity index (χ3n) is 7.45. The average Bonchev–Trinajstić information content (AvgIpc) is 2.67. The molecule has 200 valence electrons. The molecule has 6 nitrogen and oxygen atoms in total. The fraction of sp³-hybridized carbons (Fsp3) is 0.889. The van der Waals surface area contributed by atoms with E-state index in [1.54, 1.807) is 0 Å². The Bertz CT molecular complexity index is 676. The summed E-state index contributed by atoms with van der Waals surface area (Å²) in [5.41, 5.74) is 4.99. The van der Waals surface area contributed by atoms with E-state index < -0.39 is 0 Å². The van der Waals surface area contributed by atoms with Gasteiger partial charge in [0, 0.05) is 24.9 Å². The van der Waals surface area contributed by atoms with Gasteiger partial charge in [0.25, 0.3) is 0 Å². The van der Waals surface area contributed by atoms with Gasteiger partial charge in [0.05, 0.1) is 5.33 Å². The van der Waals surface area contributed by atoms with Gasteiger partial charge in [-0.3, -0.25) is 14.4 Å². The molecule has 0 radical (unpaired) electrons. The van der Waals surface area contributed by atoms with Crippen molar-refractivity contribution < 1.29 is 14.4 Å². The number of halogens is 1. The zero-order valence-corrected chi connectivity index (χ0v) is 25.1. The summed E-state index contributed by atoms with van der Waals surface area (Å²) in [6.45, 7) is 22.6. The number of hydrogen-bond acceptors (Lipinski definition) is 3. The van der Waals surface area contributed by atoms with Gasteiger partial charge in [-0.25, -0.2) is 0 Å². The van der Waals surface area contributed by atoms with Crippen molar-refractivity contribution in [2.24, 2.45) is 39.2 Å². The lowest BCUT2D eigenvalue weighted by molar-refractivity contribution is -0.135. The molecule has 0 bridgehead atoms. The van der Waals surface area contributed by atoms with Gasteiger partial charge >= 0.3 is 0 Å². The van der Waals surface area contributed by atoms with Crippen molar-refractivity contribution in [3.8, 4) is 0 Å². The van der Waals surface area contributed by atoms with Gasteiger partial charge < -0.3 is 16.4 Å². The third kappa shape index (κ3) is 11.1.